The Bertz CT molecular complexity index is 1010. The lowest BCUT2D eigenvalue weighted by Gasteiger charge is -2.32. The van der Waals surface area contributed by atoms with Crippen molar-refractivity contribution in [2.24, 2.45) is 5.92 Å². The van der Waals surface area contributed by atoms with Crippen LogP contribution >= 0.6 is 11.6 Å². The van der Waals surface area contributed by atoms with E-state index >= 15 is 0 Å². The van der Waals surface area contributed by atoms with Gasteiger partial charge in [0.1, 0.15) is 11.5 Å². The highest BCUT2D eigenvalue weighted by atomic mass is 35.5. The second-order valence-electron chi connectivity index (χ2n) is 7.73. The molecule has 2 heterocycles. The van der Waals surface area contributed by atoms with Crippen LogP contribution in [0, 0.1) is 18.7 Å². The maximum absolute atomic E-state index is 13.5. The molecule has 0 aromatic heterocycles. The van der Waals surface area contributed by atoms with Crippen LogP contribution in [0.5, 0.6) is 0 Å². The minimum Gasteiger partial charge on any atom is -0.366 e. The smallest absolute Gasteiger partial charge is 0.282 e. The zero-order valence-corrected chi connectivity index (χ0v) is 17.2. The van der Waals surface area contributed by atoms with Crippen LogP contribution in [0.2, 0.25) is 5.02 Å². The monoisotopic (exact) mass is 412 g/mol. The number of anilines is 1. The largest absolute Gasteiger partial charge is 0.366 e. The first-order valence-electron chi connectivity index (χ1n) is 9.77. The summed E-state index contributed by atoms with van der Waals surface area (Å²) in [6.45, 7) is 5.40. The van der Waals surface area contributed by atoms with E-state index in [2.05, 4.69) is 6.92 Å². The van der Waals surface area contributed by atoms with Crippen LogP contribution in [-0.4, -0.2) is 29.8 Å². The second-order valence-corrected chi connectivity index (χ2v) is 8.14. The predicted octanol–water partition coefficient (Wildman–Crippen LogP) is 4.80. The Hall–Kier alpha value is -2.66. The quantitative estimate of drug-likeness (QED) is 0.679. The minimum absolute atomic E-state index is 0.323. The van der Waals surface area contributed by atoms with Crippen molar-refractivity contribution in [3.8, 4) is 0 Å². The maximum Gasteiger partial charge on any atom is 0.282 e. The number of nitrogens with zero attached hydrogens (tertiary/aromatic N) is 2. The molecule has 4 nitrogen and oxygen atoms in total. The number of carbonyl (C=O) groups is 2. The van der Waals surface area contributed by atoms with Gasteiger partial charge in [-0.15, -0.1) is 0 Å². The van der Waals surface area contributed by atoms with Gasteiger partial charge < -0.3 is 4.90 Å². The van der Waals surface area contributed by atoms with Crippen molar-refractivity contribution in [3.63, 3.8) is 0 Å². The first-order valence-corrected chi connectivity index (χ1v) is 10.2. The Balaban J connectivity index is 1.83. The van der Waals surface area contributed by atoms with E-state index in [-0.39, 0.29) is 11.7 Å². The van der Waals surface area contributed by atoms with Crippen LogP contribution in [0.3, 0.4) is 0 Å². The van der Waals surface area contributed by atoms with Gasteiger partial charge in [-0.1, -0.05) is 36.7 Å². The number of piperidine rings is 1. The molecule has 2 amide bonds. The molecule has 0 atom stereocenters. The summed E-state index contributed by atoms with van der Waals surface area (Å²) in [4.78, 5) is 30.2. The predicted molar refractivity (Wildman–Crippen MR) is 112 cm³/mol. The van der Waals surface area contributed by atoms with Gasteiger partial charge in [0.2, 0.25) is 0 Å². The Kier molecular flexibility index (Phi) is 5.17. The first kappa shape index (κ1) is 19.6. The summed E-state index contributed by atoms with van der Waals surface area (Å²) in [6, 6.07) is 10.9. The Morgan fingerprint density at radius 3 is 2.31 bits per heavy atom. The molecule has 0 radical (unpaired) electrons. The van der Waals surface area contributed by atoms with E-state index in [1.807, 2.05) is 4.90 Å². The average molecular weight is 413 g/mol. The highest BCUT2D eigenvalue weighted by molar-refractivity contribution is 6.46. The molecular formula is C23H22ClFN2O2. The number of rotatable bonds is 3. The number of amides is 2. The van der Waals surface area contributed by atoms with Crippen LogP contribution in [0.1, 0.15) is 30.9 Å². The van der Waals surface area contributed by atoms with E-state index in [1.54, 1.807) is 37.3 Å². The fourth-order valence-corrected chi connectivity index (χ4v) is 4.15. The standard InChI is InChI=1S/C23H22ClFN2O2/c1-14-10-12-26(13-11-14)21-20(16-6-8-17(25)9-7-16)22(28)27(23(21)29)19-5-3-4-18(24)15(19)2/h3-9,14H,10-13H2,1-2H3. The number of hydrogen-bond donors (Lipinski definition) is 0. The van der Waals surface area contributed by atoms with Crippen LogP contribution in [0.15, 0.2) is 48.2 Å². The normalized spacial score (nSPS) is 18.2. The lowest BCUT2D eigenvalue weighted by atomic mass is 9.97. The minimum atomic E-state index is -0.402. The topological polar surface area (TPSA) is 40.6 Å². The SMILES string of the molecule is Cc1c(Cl)cccc1N1C(=O)C(c2ccc(F)cc2)=C(N2CCC(C)CC2)C1=O. The number of carbonyl (C=O) groups excluding carboxylic acids is 2. The third-order valence-corrected chi connectivity index (χ3v) is 6.18. The van der Waals surface area contributed by atoms with E-state index in [0.29, 0.717) is 52.1 Å². The summed E-state index contributed by atoms with van der Waals surface area (Å²) in [5, 5.41) is 0.492. The zero-order valence-electron chi connectivity index (χ0n) is 16.4. The molecule has 29 heavy (non-hydrogen) atoms. The van der Waals surface area contributed by atoms with Crippen molar-refractivity contribution in [1.29, 1.82) is 0 Å². The molecule has 4 rings (SSSR count). The maximum atomic E-state index is 13.5. The molecule has 0 bridgehead atoms. The molecule has 0 N–H and O–H groups in total. The van der Waals surface area contributed by atoms with Gasteiger partial charge in [0, 0.05) is 18.1 Å². The molecule has 150 valence electrons. The number of imide groups is 1. The van der Waals surface area contributed by atoms with Gasteiger partial charge in [-0.25, -0.2) is 9.29 Å². The van der Waals surface area contributed by atoms with Crippen molar-refractivity contribution < 1.29 is 14.0 Å². The summed E-state index contributed by atoms with van der Waals surface area (Å²) in [5.41, 5.74) is 2.41. The highest BCUT2D eigenvalue weighted by Crippen LogP contribution is 2.38. The van der Waals surface area contributed by atoms with Crippen molar-refractivity contribution >= 4 is 34.7 Å². The fourth-order valence-electron chi connectivity index (χ4n) is 3.98. The molecule has 0 saturated carbocycles. The van der Waals surface area contributed by atoms with Crippen LogP contribution < -0.4 is 4.90 Å². The second kappa shape index (κ2) is 7.64. The van der Waals surface area contributed by atoms with Crippen molar-refractivity contribution in [3.05, 3.63) is 70.1 Å². The Morgan fingerprint density at radius 2 is 1.66 bits per heavy atom. The van der Waals surface area contributed by atoms with Crippen LogP contribution in [0.25, 0.3) is 5.57 Å². The number of halogens is 2. The molecular weight excluding hydrogens is 391 g/mol. The average Bonchev–Trinajstić information content (AvgIpc) is 2.96. The number of likely N-dealkylation sites (tertiary alicyclic amines) is 1. The summed E-state index contributed by atoms with van der Waals surface area (Å²) in [6.07, 6.45) is 1.91. The van der Waals surface area contributed by atoms with E-state index in [1.165, 1.54) is 17.0 Å². The van der Waals surface area contributed by atoms with Gasteiger partial charge >= 0.3 is 0 Å². The molecule has 2 aliphatic heterocycles. The molecule has 1 saturated heterocycles. The first-order chi connectivity index (χ1) is 13.9. The molecule has 1 fully saturated rings. The van der Waals surface area contributed by atoms with Gasteiger partial charge in [0.15, 0.2) is 0 Å². The molecule has 0 aliphatic carbocycles. The molecule has 6 heteroatoms. The Morgan fingerprint density at radius 1 is 1.00 bits per heavy atom. The fraction of sp³-hybridized carbons (Fsp3) is 0.304. The van der Waals surface area contributed by atoms with Gasteiger partial charge in [0.05, 0.1) is 11.3 Å². The third kappa shape index (κ3) is 3.44. The van der Waals surface area contributed by atoms with Crippen molar-refractivity contribution in [2.75, 3.05) is 18.0 Å². The van der Waals surface area contributed by atoms with Crippen LogP contribution in [-0.2, 0) is 9.59 Å². The van der Waals surface area contributed by atoms with E-state index in [0.717, 1.165) is 12.8 Å². The van der Waals surface area contributed by atoms with Gasteiger partial charge in [-0.3, -0.25) is 9.59 Å². The number of hydrogen-bond acceptors (Lipinski definition) is 3. The summed E-state index contributed by atoms with van der Waals surface area (Å²) < 4.78 is 13.5. The van der Waals surface area contributed by atoms with Gasteiger partial charge in [-0.2, -0.15) is 0 Å². The lowest BCUT2D eigenvalue weighted by Crippen LogP contribution is -2.38. The van der Waals surface area contributed by atoms with Gasteiger partial charge in [0.25, 0.3) is 11.8 Å². The molecule has 0 spiro atoms. The summed E-state index contributed by atoms with van der Waals surface area (Å²) >= 11 is 6.24. The summed E-state index contributed by atoms with van der Waals surface area (Å²) in [5.74, 6) is -0.559. The third-order valence-electron chi connectivity index (χ3n) is 5.77. The van der Waals surface area contributed by atoms with Crippen molar-refractivity contribution in [2.45, 2.75) is 26.7 Å². The van der Waals surface area contributed by atoms with Gasteiger partial charge in [-0.05, 0) is 61.1 Å². The zero-order chi connectivity index (χ0) is 20.7. The lowest BCUT2D eigenvalue weighted by molar-refractivity contribution is -0.120. The van der Waals surface area contributed by atoms with E-state index < -0.39 is 5.91 Å². The molecule has 2 aromatic rings. The number of benzene rings is 2. The van der Waals surface area contributed by atoms with Crippen LogP contribution in [0.4, 0.5) is 10.1 Å². The molecule has 2 aromatic carbocycles. The Labute approximate surface area is 174 Å². The molecule has 0 unspecified atom stereocenters. The van der Waals surface area contributed by atoms with E-state index in [9.17, 15) is 14.0 Å². The highest BCUT2D eigenvalue weighted by Gasteiger charge is 2.43. The summed E-state index contributed by atoms with van der Waals surface area (Å²) in [7, 11) is 0. The van der Waals surface area contributed by atoms with E-state index in [4.69, 9.17) is 11.6 Å². The van der Waals surface area contributed by atoms with Crippen molar-refractivity contribution in [1.82, 2.24) is 4.90 Å². The molecule has 2 aliphatic rings.